The van der Waals surface area contributed by atoms with Crippen molar-refractivity contribution < 1.29 is 19.1 Å². The minimum absolute atomic E-state index is 0.0396. The third-order valence-corrected chi connectivity index (χ3v) is 2.11. The highest BCUT2D eigenvalue weighted by atomic mass is 16.5. The molecule has 0 amide bonds. The number of benzene rings is 1. The van der Waals surface area contributed by atoms with Crippen molar-refractivity contribution in [3.05, 3.63) is 35.4 Å². The minimum Gasteiger partial charge on any atom is -0.452 e. The predicted molar refractivity (Wildman–Crippen MR) is 69.1 cm³/mol. The first-order valence-electron chi connectivity index (χ1n) is 5.46. The van der Waals surface area contributed by atoms with Gasteiger partial charge in [-0.1, -0.05) is 24.0 Å². The first kappa shape index (κ1) is 14.3. The van der Waals surface area contributed by atoms with Gasteiger partial charge >= 0.3 is 11.9 Å². The summed E-state index contributed by atoms with van der Waals surface area (Å²) >= 11 is 0. The van der Waals surface area contributed by atoms with Crippen LogP contribution in [-0.4, -0.2) is 25.2 Å². The maximum absolute atomic E-state index is 11.6. The van der Waals surface area contributed by atoms with E-state index in [1.54, 1.807) is 24.3 Å². The van der Waals surface area contributed by atoms with Crippen molar-refractivity contribution in [2.45, 2.75) is 6.42 Å². The van der Waals surface area contributed by atoms with Crippen molar-refractivity contribution in [1.29, 1.82) is 0 Å². The normalized spacial score (nSPS) is 8.95. The van der Waals surface area contributed by atoms with Crippen LogP contribution in [0.4, 0.5) is 0 Å². The summed E-state index contributed by atoms with van der Waals surface area (Å²) < 4.78 is 9.53. The van der Waals surface area contributed by atoms with Crippen molar-refractivity contribution in [2.24, 2.45) is 0 Å². The lowest BCUT2D eigenvalue weighted by molar-refractivity contribution is -0.141. The van der Waals surface area contributed by atoms with Gasteiger partial charge in [0.15, 0.2) is 13.2 Å². The lowest BCUT2D eigenvalue weighted by atomic mass is 10.1. The average molecular weight is 256 g/mol. The molecule has 19 heavy (non-hydrogen) atoms. The molecule has 0 aliphatic rings. The van der Waals surface area contributed by atoms with Crippen molar-refractivity contribution in [3.63, 3.8) is 0 Å². The molecule has 0 saturated heterocycles. The summed E-state index contributed by atoms with van der Waals surface area (Å²) in [4.78, 5) is 22.9. The van der Waals surface area contributed by atoms with Crippen molar-refractivity contribution in [1.82, 2.24) is 0 Å². The highest BCUT2D eigenvalue weighted by Crippen LogP contribution is 2.08. The summed E-state index contributed by atoms with van der Waals surface area (Å²) in [6.45, 7) is -0.157. The van der Waals surface area contributed by atoms with Crippen LogP contribution in [0.1, 0.15) is 15.9 Å². The molecule has 0 bridgehead atoms. The van der Waals surface area contributed by atoms with Gasteiger partial charge in [0, 0.05) is 0 Å². The van der Waals surface area contributed by atoms with Gasteiger partial charge in [-0.2, -0.15) is 0 Å². The van der Waals surface area contributed by atoms with Gasteiger partial charge in [0.1, 0.15) is 0 Å². The predicted octanol–water partition coefficient (Wildman–Crippen LogP) is 1.20. The molecule has 0 aromatic heterocycles. The quantitative estimate of drug-likeness (QED) is 0.586. The van der Waals surface area contributed by atoms with Gasteiger partial charge in [-0.15, -0.1) is 12.8 Å². The van der Waals surface area contributed by atoms with Crippen molar-refractivity contribution in [3.8, 4) is 24.7 Å². The van der Waals surface area contributed by atoms with E-state index in [1.807, 2.05) is 0 Å². The molecule has 0 saturated carbocycles. The number of ether oxygens (including phenoxy) is 2. The van der Waals surface area contributed by atoms with Crippen LogP contribution in [0.25, 0.3) is 0 Å². The van der Waals surface area contributed by atoms with E-state index in [1.165, 1.54) is 0 Å². The average Bonchev–Trinajstić information content (AvgIpc) is 2.42. The number of carbonyl (C=O) groups is 2. The molecular weight excluding hydrogens is 244 g/mol. The van der Waals surface area contributed by atoms with Gasteiger partial charge in [-0.25, -0.2) is 4.79 Å². The Bertz CT molecular complexity index is 546. The van der Waals surface area contributed by atoms with Crippen molar-refractivity contribution in [2.75, 3.05) is 13.2 Å². The summed E-state index contributed by atoms with van der Waals surface area (Å²) in [5, 5.41) is 0. The molecule has 0 unspecified atom stereocenters. The first-order chi connectivity index (χ1) is 9.17. The molecular formula is C15H12O4. The molecule has 0 radical (unpaired) electrons. The van der Waals surface area contributed by atoms with Gasteiger partial charge in [0.2, 0.25) is 0 Å². The summed E-state index contributed by atoms with van der Waals surface area (Å²) in [6, 6.07) is 6.48. The zero-order valence-electron chi connectivity index (χ0n) is 10.2. The smallest absolute Gasteiger partial charge is 0.339 e. The molecule has 1 rings (SSSR count). The monoisotopic (exact) mass is 256 g/mol. The molecule has 4 nitrogen and oxygen atoms in total. The maximum Gasteiger partial charge on any atom is 0.339 e. The second-order valence-corrected chi connectivity index (χ2v) is 3.52. The largest absolute Gasteiger partial charge is 0.452 e. The fourth-order valence-electron chi connectivity index (χ4n) is 1.34. The fraction of sp³-hybridized carbons (Fsp3) is 0.200. The maximum atomic E-state index is 11.6. The third-order valence-electron chi connectivity index (χ3n) is 2.11. The second-order valence-electron chi connectivity index (χ2n) is 3.52. The van der Waals surface area contributed by atoms with E-state index >= 15 is 0 Å². The molecule has 0 spiro atoms. The Kier molecular flexibility index (Phi) is 5.72. The van der Waals surface area contributed by atoms with Crippen LogP contribution in [-0.2, 0) is 20.7 Å². The first-order valence-corrected chi connectivity index (χ1v) is 5.46. The van der Waals surface area contributed by atoms with E-state index in [-0.39, 0.29) is 19.6 Å². The van der Waals surface area contributed by atoms with Gasteiger partial charge in [-0.05, 0) is 17.7 Å². The molecule has 4 heteroatoms. The molecule has 0 atom stereocenters. The van der Waals surface area contributed by atoms with Crippen LogP contribution < -0.4 is 0 Å². The lowest BCUT2D eigenvalue weighted by Gasteiger charge is -2.04. The van der Waals surface area contributed by atoms with Crippen molar-refractivity contribution >= 4 is 11.9 Å². The van der Waals surface area contributed by atoms with Gasteiger partial charge in [-0.3, -0.25) is 4.79 Å². The molecule has 0 N–H and O–H groups in total. The second kappa shape index (κ2) is 7.58. The Labute approximate surface area is 111 Å². The Morgan fingerprint density at radius 1 is 1.11 bits per heavy atom. The summed E-state index contributed by atoms with van der Waals surface area (Å²) in [6.07, 6.45) is 10.0. The number of hydrogen-bond acceptors (Lipinski definition) is 4. The lowest BCUT2D eigenvalue weighted by Crippen LogP contribution is -2.10. The zero-order chi connectivity index (χ0) is 14.1. The topological polar surface area (TPSA) is 52.6 Å². The summed E-state index contributed by atoms with van der Waals surface area (Å²) in [5.41, 5.74) is 0.967. The molecule has 96 valence electrons. The number of terminal acetylenes is 2. The van der Waals surface area contributed by atoms with Crippen LogP contribution >= 0.6 is 0 Å². The fourth-order valence-corrected chi connectivity index (χ4v) is 1.34. The highest BCUT2D eigenvalue weighted by Gasteiger charge is 2.09. The Morgan fingerprint density at radius 3 is 2.47 bits per heavy atom. The number of hydrogen-bond donors (Lipinski definition) is 0. The Balaban J connectivity index is 2.67. The highest BCUT2D eigenvalue weighted by molar-refractivity contribution is 5.90. The van der Waals surface area contributed by atoms with Gasteiger partial charge in [0.25, 0.3) is 0 Å². The SMILES string of the molecule is C#CCOC(=O)Cc1cccc(C(=O)OCC#C)c1. The van der Waals surface area contributed by atoms with Gasteiger partial charge < -0.3 is 9.47 Å². The van der Waals surface area contributed by atoms with Crippen LogP contribution in [0, 0.1) is 24.7 Å². The third kappa shape index (κ3) is 4.97. The molecule has 0 fully saturated rings. The van der Waals surface area contributed by atoms with Crippen LogP contribution in [0.15, 0.2) is 24.3 Å². The van der Waals surface area contributed by atoms with E-state index in [0.717, 1.165) is 0 Å². The minimum atomic E-state index is -0.531. The molecule has 0 heterocycles. The zero-order valence-corrected chi connectivity index (χ0v) is 10.2. The number of esters is 2. The van der Waals surface area contributed by atoms with E-state index in [2.05, 4.69) is 11.8 Å². The van der Waals surface area contributed by atoms with Gasteiger partial charge in [0.05, 0.1) is 12.0 Å². The molecule has 0 aliphatic heterocycles. The molecule has 1 aromatic rings. The van der Waals surface area contributed by atoms with E-state index < -0.39 is 11.9 Å². The number of carbonyl (C=O) groups excluding carboxylic acids is 2. The van der Waals surface area contributed by atoms with Crippen LogP contribution in [0.2, 0.25) is 0 Å². The molecule has 1 aromatic carbocycles. The summed E-state index contributed by atoms with van der Waals surface area (Å²) in [5.74, 6) is 3.42. The van der Waals surface area contributed by atoms with E-state index in [9.17, 15) is 9.59 Å². The van der Waals surface area contributed by atoms with E-state index in [0.29, 0.717) is 11.1 Å². The van der Waals surface area contributed by atoms with Crippen LogP contribution in [0.5, 0.6) is 0 Å². The van der Waals surface area contributed by atoms with Crippen LogP contribution in [0.3, 0.4) is 0 Å². The Morgan fingerprint density at radius 2 is 1.79 bits per heavy atom. The summed E-state index contributed by atoms with van der Waals surface area (Å²) in [7, 11) is 0. The van der Waals surface area contributed by atoms with E-state index in [4.69, 9.17) is 22.3 Å². The molecule has 0 aliphatic carbocycles. The standard InChI is InChI=1S/C15H12O4/c1-3-8-18-14(16)11-12-6-5-7-13(10-12)15(17)19-9-4-2/h1-2,5-7,10H,8-9,11H2. The Hall–Kier alpha value is -2.72. The number of rotatable bonds is 5.